The van der Waals surface area contributed by atoms with Crippen LogP contribution in [0.25, 0.3) is 0 Å². The number of halogens is 1. The Kier molecular flexibility index (Phi) is 7.79. The van der Waals surface area contributed by atoms with E-state index in [-0.39, 0.29) is 6.54 Å². The zero-order valence-electron chi connectivity index (χ0n) is 12.0. The van der Waals surface area contributed by atoms with Crippen LogP contribution in [-0.2, 0) is 14.8 Å². The Balaban J connectivity index is 0.000000335. The molecule has 0 heterocycles. The van der Waals surface area contributed by atoms with Crippen molar-refractivity contribution in [1.82, 2.24) is 4.72 Å². The molecule has 0 aliphatic rings. The first-order valence-electron chi connectivity index (χ1n) is 6.37. The van der Waals surface area contributed by atoms with Gasteiger partial charge in [0.05, 0.1) is 12.8 Å². The number of hydrogen-bond acceptors (Lipinski definition) is 3. The van der Waals surface area contributed by atoms with Crippen LogP contribution in [0.3, 0.4) is 0 Å². The van der Waals surface area contributed by atoms with Crippen LogP contribution >= 0.6 is 15.9 Å². The third-order valence-electron chi connectivity index (χ3n) is 2.27. The molecule has 0 radical (unpaired) electrons. The molecular formula is C15H17BrN2O3S. The van der Waals surface area contributed by atoms with Crippen LogP contribution in [0.1, 0.15) is 0 Å². The molecular weight excluding hydrogens is 368 g/mol. The number of anilines is 1. The van der Waals surface area contributed by atoms with Gasteiger partial charge in [-0.25, -0.2) is 13.1 Å². The maximum atomic E-state index is 11.3. The van der Waals surface area contributed by atoms with Gasteiger partial charge in [-0.05, 0) is 18.2 Å². The molecule has 0 aromatic heterocycles. The molecule has 2 aromatic rings. The van der Waals surface area contributed by atoms with E-state index in [1.807, 2.05) is 42.5 Å². The lowest BCUT2D eigenvalue weighted by molar-refractivity contribution is -0.115. The molecule has 0 spiro atoms. The van der Waals surface area contributed by atoms with Gasteiger partial charge >= 0.3 is 0 Å². The third kappa shape index (κ3) is 9.28. The molecule has 0 atom stereocenters. The summed E-state index contributed by atoms with van der Waals surface area (Å²) in [5, 5.41) is 2.56. The molecule has 2 N–H and O–H groups in total. The first kappa shape index (κ1) is 18.3. The van der Waals surface area contributed by atoms with Gasteiger partial charge in [-0.2, -0.15) is 0 Å². The van der Waals surface area contributed by atoms with Crippen molar-refractivity contribution in [1.29, 1.82) is 0 Å². The van der Waals surface area contributed by atoms with E-state index in [9.17, 15) is 13.2 Å². The molecule has 0 aliphatic carbocycles. The van der Waals surface area contributed by atoms with Crippen molar-refractivity contribution in [2.45, 2.75) is 0 Å². The molecule has 0 fully saturated rings. The Labute approximate surface area is 138 Å². The lowest BCUT2D eigenvalue weighted by atomic mass is 10.3. The zero-order chi connectivity index (χ0) is 16.4. The number of sulfonamides is 1. The van der Waals surface area contributed by atoms with E-state index in [2.05, 4.69) is 26.0 Å². The highest BCUT2D eigenvalue weighted by Crippen LogP contribution is 2.15. The second-order valence-corrected chi connectivity index (χ2v) is 7.06. The van der Waals surface area contributed by atoms with Crippen LogP contribution in [0.5, 0.6) is 0 Å². The molecule has 1 amide bonds. The van der Waals surface area contributed by atoms with Crippen molar-refractivity contribution in [2.24, 2.45) is 0 Å². The first-order chi connectivity index (χ1) is 10.4. The Hall–Kier alpha value is -1.70. The highest BCUT2D eigenvalue weighted by Gasteiger charge is 2.06. The van der Waals surface area contributed by atoms with Gasteiger partial charge < -0.3 is 5.32 Å². The van der Waals surface area contributed by atoms with E-state index in [0.717, 1.165) is 10.7 Å². The second-order valence-electron chi connectivity index (χ2n) is 4.31. The fraction of sp³-hybridized carbons (Fsp3) is 0.133. The average Bonchev–Trinajstić information content (AvgIpc) is 2.47. The summed E-state index contributed by atoms with van der Waals surface area (Å²) in [6, 6.07) is 19.0. The molecule has 0 saturated heterocycles. The monoisotopic (exact) mass is 384 g/mol. The molecule has 2 aromatic carbocycles. The molecule has 118 valence electrons. The number of carbonyl (C=O) groups excluding carboxylic acids is 1. The predicted molar refractivity (Wildman–Crippen MR) is 92.1 cm³/mol. The fourth-order valence-electron chi connectivity index (χ4n) is 1.35. The van der Waals surface area contributed by atoms with Gasteiger partial charge in [-0.3, -0.25) is 4.79 Å². The van der Waals surface area contributed by atoms with Gasteiger partial charge in [0, 0.05) is 10.2 Å². The van der Waals surface area contributed by atoms with E-state index >= 15 is 0 Å². The standard InChI is InChI=1S/C9H11BrN2O3S.C6H6/c1-16(14,15)11-6-9(13)12-8-4-2-3-7(10)5-8;1-2-4-6-5-3-1/h2-5,11H,6H2,1H3,(H,12,13);1-6H. The largest absolute Gasteiger partial charge is 0.325 e. The summed E-state index contributed by atoms with van der Waals surface area (Å²) < 4.78 is 24.4. The zero-order valence-corrected chi connectivity index (χ0v) is 14.4. The van der Waals surface area contributed by atoms with Crippen molar-refractivity contribution in [3.63, 3.8) is 0 Å². The summed E-state index contributed by atoms with van der Waals surface area (Å²) in [6.07, 6.45) is 0.999. The maximum absolute atomic E-state index is 11.3. The van der Waals surface area contributed by atoms with Crippen LogP contribution in [-0.4, -0.2) is 27.1 Å². The van der Waals surface area contributed by atoms with Gasteiger partial charge in [0.25, 0.3) is 0 Å². The molecule has 5 nitrogen and oxygen atoms in total. The van der Waals surface area contributed by atoms with E-state index < -0.39 is 15.9 Å². The minimum Gasteiger partial charge on any atom is -0.325 e. The number of hydrogen-bond donors (Lipinski definition) is 2. The smallest absolute Gasteiger partial charge is 0.239 e. The van der Waals surface area contributed by atoms with E-state index in [0.29, 0.717) is 5.69 Å². The predicted octanol–water partition coefficient (Wildman–Crippen LogP) is 2.62. The lowest BCUT2D eigenvalue weighted by Gasteiger charge is -2.05. The number of rotatable bonds is 4. The molecule has 0 unspecified atom stereocenters. The second kappa shape index (κ2) is 9.34. The highest BCUT2D eigenvalue weighted by atomic mass is 79.9. The SMILES string of the molecule is CS(=O)(=O)NCC(=O)Nc1cccc(Br)c1.c1ccccc1. The summed E-state index contributed by atoms with van der Waals surface area (Å²) in [5.74, 6) is -0.413. The quantitative estimate of drug-likeness (QED) is 0.850. The molecule has 22 heavy (non-hydrogen) atoms. The minimum absolute atomic E-state index is 0.272. The van der Waals surface area contributed by atoms with Crippen molar-refractivity contribution < 1.29 is 13.2 Å². The Morgan fingerprint density at radius 1 is 1.05 bits per heavy atom. The van der Waals surface area contributed by atoms with Gasteiger partial charge in [0.1, 0.15) is 0 Å². The number of carbonyl (C=O) groups is 1. The van der Waals surface area contributed by atoms with Crippen LogP contribution < -0.4 is 10.0 Å². The Morgan fingerprint density at radius 3 is 2.05 bits per heavy atom. The molecule has 0 bridgehead atoms. The topological polar surface area (TPSA) is 75.3 Å². The van der Waals surface area contributed by atoms with E-state index in [4.69, 9.17) is 0 Å². The van der Waals surface area contributed by atoms with E-state index in [1.165, 1.54) is 0 Å². The normalized spacial score (nSPS) is 10.3. The lowest BCUT2D eigenvalue weighted by Crippen LogP contribution is -2.32. The van der Waals surface area contributed by atoms with Crippen LogP contribution in [0.4, 0.5) is 5.69 Å². The fourth-order valence-corrected chi connectivity index (χ4v) is 2.15. The van der Waals surface area contributed by atoms with Gasteiger partial charge in [0.15, 0.2) is 0 Å². The summed E-state index contributed by atoms with van der Waals surface area (Å²) >= 11 is 3.26. The van der Waals surface area contributed by atoms with Gasteiger partial charge in [-0.15, -0.1) is 0 Å². The summed E-state index contributed by atoms with van der Waals surface area (Å²) in [7, 11) is -3.34. The molecule has 7 heteroatoms. The number of benzene rings is 2. The first-order valence-corrected chi connectivity index (χ1v) is 9.05. The minimum atomic E-state index is -3.34. The summed E-state index contributed by atoms with van der Waals surface area (Å²) in [4.78, 5) is 11.3. The summed E-state index contributed by atoms with van der Waals surface area (Å²) in [6.45, 7) is -0.272. The van der Waals surface area contributed by atoms with Crippen LogP contribution in [0.15, 0.2) is 65.1 Å². The van der Waals surface area contributed by atoms with Crippen LogP contribution in [0.2, 0.25) is 0 Å². The highest BCUT2D eigenvalue weighted by molar-refractivity contribution is 9.10. The molecule has 0 saturated carbocycles. The van der Waals surface area contributed by atoms with Gasteiger partial charge in [-0.1, -0.05) is 58.4 Å². The van der Waals surface area contributed by atoms with Crippen molar-refractivity contribution >= 4 is 37.5 Å². The average molecular weight is 385 g/mol. The summed E-state index contributed by atoms with van der Waals surface area (Å²) in [5.41, 5.74) is 0.606. The maximum Gasteiger partial charge on any atom is 0.239 e. The van der Waals surface area contributed by atoms with Crippen LogP contribution in [0, 0.1) is 0 Å². The van der Waals surface area contributed by atoms with Crippen molar-refractivity contribution in [3.8, 4) is 0 Å². The van der Waals surface area contributed by atoms with Gasteiger partial charge in [0.2, 0.25) is 15.9 Å². The third-order valence-corrected chi connectivity index (χ3v) is 3.43. The molecule has 2 rings (SSSR count). The Bertz CT molecular complexity index is 664. The van der Waals surface area contributed by atoms with Crippen molar-refractivity contribution in [3.05, 3.63) is 65.1 Å². The number of nitrogens with one attached hydrogen (secondary N) is 2. The van der Waals surface area contributed by atoms with E-state index in [1.54, 1.807) is 18.2 Å². The molecule has 0 aliphatic heterocycles. The van der Waals surface area contributed by atoms with Crippen molar-refractivity contribution in [2.75, 3.05) is 18.1 Å². The number of amides is 1. The Morgan fingerprint density at radius 2 is 1.59 bits per heavy atom.